The van der Waals surface area contributed by atoms with E-state index in [0.717, 1.165) is 24.4 Å². The second-order valence-corrected chi connectivity index (χ2v) is 4.73. The minimum atomic E-state index is 0.541. The summed E-state index contributed by atoms with van der Waals surface area (Å²) in [5.41, 5.74) is 1.67. The number of carbonyl (C=O) groups excluding carboxylic acids is 1. The van der Waals surface area contributed by atoms with Crippen LogP contribution in [0.1, 0.15) is 54.2 Å². The second kappa shape index (κ2) is 3.43. The van der Waals surface area contributed by atoms with Gasteiger partial charge in [-0.05, 0) is 31.6 Å². The van der Waals surface area contributed by atoms with E-state index in [4.69, 9.17) is 0 Å². The summed E-state index contributed by atoms with van der Waals surface area (Å²) >= 11 is 0. The van der Waals surface area contributed by atoms with Crippen LogP contribution in [0, 0.1) is 5.92 Å². The molecule has 80 valence electrons. The minimum absolute atomic E-state index is 0.541. The van der Waals surface area contributed by atoms with E-state index in [1.165, 1.54) is 32.1 Å². The Balaban J connectivity index is 1.89. The highest BCUT2D eigenvalue weighted by molar-refractivity contribution is 5.73. The molecule has 1 heterocycles. The van der Waals surface area contributed by atoms with Crippen molar-refractivity contribution < 1.29 is 4.79 Å². The molecule has 2 saturated carbocycles. The third-order valence-corrected chi connectivity index (χ3v) is 3.53. The first kappa shape index (κ1) is 9.07. The summed E-state index contributed by atoms with van der Waals surface area (Å²) in [4.78, 5) is 10.9. The summed E-state index contributed by atoms with van der Waals surface area (Å²) in [6.07, 6.45) is 7.13. The van der Waals surface area contributed by atoms with Gasteiger partial charge in [-0.3, -0.25) is 4.79 Å². The lowest BCUT2D eigenvalue weighted by Crippen LogP contribution is -2.17. The van der Waals surface area contributed by atoms with Crippen LogP contribution in [0.5, 0.6) is 0 Å². The summed E-state index contributed by atoms with van der Waals surface area (Å²) in [6, 6.07) is 0. The molecule has 0 bridgehead atoms. The molecule has 3 rings (SSSR count). The third kappa shape index (κ3) is 1.58. The highest BCUT2D eigenvalue weighted by Crippen LogP contribution is 2.38. The summed E-state index contributed by atoms with van der Waals surface area (Å²) in [6.45, 7) is 0.965. The van der Waals surface area contributed by atoms with Crippen LogP contribution >= 0.6 is 0 Å². The normalized spacial score (nSPS) is 21.3. The molecule has 15 heavy (non-hydrogen) atoms. The predicted octanol–water partition coefficient (Wildman–Crippen LogP) is 1.77. The maximum atomic E-state index is 10.9. The van der Waals surface area contributed by atoms with Gasteiger partial charge >= 0.3 is 0 Å². The van der Waals surface area contributed by atoms with Crippen LogP contribution in [0.2, 0.25) is 0 Å². The minimum Gasteiger partial charge on any atom is -0.296 e. The van der Waals surface area contributed by atoms with Crippen molar-refractivity contribution in [3.05, 3.63) is 11.4 Å². The summed E-state index contributed by atoms with van der Waals surface area (Å²) in [5, 5.41) is 8.07. The molecule has 0 radical (unpaired) electrons. The fourth-order valence-electron chi connectivity index (χ4n) is 2.20. The Labute approximate surface area is 88.7 Å². The smallest absolute Gasteiger partial charge is 0.172 e. The first-order valence-corrected chi connectivity index (χ1v) is 5.77. The van der Waals surface area contributed by atoms with Crippen molar-refractivity contribution in [3.8, 4) is 0 Å². The van der Waals surface area contributed by atoms with E-state index in [1.807, 2.05) is 4.68 Å². The van der Waals surface area contributed by atoms with Crippen molar-refractivity contribution in [2.45, 2.75) is 44.6 Å². The first-order valence-electron chi connectivity index (χ1n) is 5.77. The van der Waals surface area contributed by atoms with Crippen LogP contribution in [0.3, 0.4) is 0 Å². The molecular formula is C11H15N3O. The van der Waals surface area contributed by atoms with E-state index >= 15 is 0 Å². The van der Waals surface area contributed by atoms with Gasteiger partial charge < -0.3 is 0 Å². The van der Waals surface area contributed by atoms with Gasteiger partial charge in [0.05, 0.1) is 5.69 Å². The lowest BCUT2D eigenvalue weighted by Gasteiger charge is -2.26. The van der Waals surface area contributed by atoms with Crippen molar-refractivity contribution in [1.29, 1.82) is 0 Å². The maximum Gasteiger partial charge on any atom is 0.172 e. The van der Waals surface area contributed by atoms with Crippen LogP contribution in [0.4, 0.5) is 0 Å². The molecule has 0 N–H and O–H groups in total. The second-order valence-electron chi connectivity index (χ2n) is 4.73. The van der Waals surface area contributed by atoms with Crippen molar-refractivity contribution in [1.82, 2.24) is 15.0 Å². The predicted molar refractivity (Wildman–Crippen MR) is 54.7 cm³/mol. The van der Waals surface area contributed by atoms with Gasteiger partial charge in [0.2, 0.25) is 0 Å². The Morgan fingerprint density at radius 2 is 2.13 bits per heavy atom. The molecule has 1 aromatic heterocycles. The molecule has 1 aromatic rings. The molecule has 0 atom stereocenters. The van der Waals surface area contributed by atoms with E-state index in [9.17, 15) is 4.79 Å². The molecule has 4 heteroatoms. The van der Waals surface area contributed by atoms with Crippen molar-refractivity contribution in [3.63, 3.8) is 0 Å². The molecule has 2 fully saturated rings. The molecule has 2 aliphatic carbocycles. The topological polar surface area (TPSA) is 47.8 Å². The number of carbonyl (C=O) groups is 1. The Bertz CT molecular complexity index is 377. The van der Waals surface area contributed by atoms with Crippen molar-refractivity contribution in [2.75, 3.05) is 0 Å². The maximum absolute atomic E-state index is 10.9. The molecule has 0 spiro atoms. The van der Waals surface area contributed by atoms with E-state index < -0.39 is 0 Å². The quantitative estimate of drug-likeness (QED) is 0.704. The average molecular weight is 205 g/mol. The molecule has 4 nitrogen and oxygen atoms in total. The summed E-state index contributed by atoms with van der Waals surface area (Å²) < 4.78 is 1.98. The van der Waals surface area contributed by atoms with E-state index in [0.29, 0.717) is 11.6 Å². The first-order chi connectivity index (χ1) is 7.38. The number of aromatic nitrogens is 3. The third-order valence-electron chi connectivity index (χ3n) is 3.53. The van der Waals surface area contributed by atoms with Gasteiger partial charge in [-0.25, -0.2) is 4.68 Å². The lowest BCUT2D eigenvalue weighted by molar-refractivity contribution is 0.111. The number of rotatable bonds is 4. The number of hydrogen-bond donors (Lipinski definition) is 0. The van der Waals surface area contributed by atoms with E-state index in [1.54, 1.807) is 0 Å². The van der Waals surface area contributed by atoms with Crippen molar-refractivity contribution in [2.24, 2.45) is 5.92 Å². The van der Waals surface area contributed by atoms with E-state index in [2.05, 4.69) is 10.3 Å². The largest absolute Gasteiger partial charge is 0.296 e. The molecule has 0 saturated heterocycles. The Morgan fingerprint density at radius 3 is 2.67 bits per heavy atom. The monoisotopic (exact) mass is 205 g/mol. The average Bonchev–Trinajstić information content (AvgIpc) is 2.88. The molecule has 0 amide bonds. The van der Waals surface area contributed by atoms with Gasteiger partial charge in [0.25, 0.3) is 0 Å². The Hall–Kier alpha value is -1.19. The van der Waals surface area contributed by atoms with Gasteiger partial charge in [0.1, 0.15) is 5.69 Å². The number of aldehydes is 1. The molecule has 0 aliphatic heterocycles. The fraction of sp³-hybridized carbons (Fsp3) is 0.727. The van der Waals surface area contributed by atoms with Gasteiger partial charge in [0, 0.05) is 12.5 Å². The van der Waals surface area contributed by atoms with Gasteiger partial charge in [0.15, 0.2) is 6.29 Å². The highest BCUT2D eigenvalue weighted by atomic mass is 16.1. The molecule has 2 aliphatic rings. The van der Waals surface area contributed by atoms with Crippen LogP contribution in [-0.2, 0) is 6.54 Å². The molecule has 0 aromatic carbocycles. The fourth-order valence-corrected chi connectivity index (χ4v) is 2.20. The highest BCUT2D eigenvalue weighted by Gasteiger charge is 2.30. The van der Waals surface area contributed by atoms with Gasteiger partial charge in [-0.15, -0.1) is 5.10 Å². The zero-order valence-corrected chi connectivity index (χ0v) is 8.72. The van der Waals surface area contributed by atoms with Gasteiger partial charge in [-0.1, -0.05) is 11.6 Å². The van der Waals surface area contributed by atoms with E-state index in [-0.39, 0.29) is 0 Å². The lowest BCUT2D eigenvalue weighted by atomic mass is 9.82. The molecule has 0 unspecified atom stereocenters. The summed E-state index contributed by atoms with van der Waals surface area (Å²) in [5.74, 6) is 1.32. The van der Waals surface area contributed by atoms with Crippen LogP contribution in [0.25, 0.3) is 0 Å². The Morgan fingerprint density at radius 1 is 1.33 bits per heavy atom. The van der Waals surface area contributed by atoms with Gasteiger partial charge in [-0.2, -0.15) is 0 Å². The number of nitrogens with zero attached hydrogens (tertiary/aromatic N) is 3. The SMILES string of the molecule is O=Cc1nnn(CC2CC2)c1C1CCC1. The van der Waals surface area contributed by atoms with Crippen LogP contribution in [-0.4, -0.2) is 21.3 Å². The van der Waals surface area contributed by atoms with Crippen LogP contribution < -0.4 is 0 Å². The van der Waals surface area contributed by atoms with Crippen LogP contribution in [0.15, 0.2) is 0 Å². The van der Waals surface area contributed by atoms with Crippen molar-refractivity contribution >= 4 is 6.29 Å². The Kier molecular flexibility index (Phi) is 2.08. The zero-order valence-electron chi connectivity index (χ0n) is 8.72. The molecular weight excluding hydrogens is 190 g/mol. The zero-order chi connectivity index (χ0) is 10.3. The standard InChI is InChI=1S/C11H15N3O/c15-7-10-11(9-2-1-3-9)14(13-12-10)6-8-4-5-8/h7-9H,1-6H2. The summed E-state index contributed by atoms with van der Waals surface area (Å²) in [7, 11) is 0. The number of hydrogen-bond acceptors (Lipinski definition) is 3.